The highest BCUT2D eigenvalue weighted by molar-refractivity contribution is 8.93. The topological polar surface area (TPSA) is 69.2 Å². The van der Waals surface area contributed by atoms with Crippen molar-refractivity contribution in [2.75, 3.05) is 19.6 Å². The summed E-state index contributed by atoms with van der Waals surface area (Å²) in [6.07, 6.45) is 3.04. The maximum Gasteiger partial charge on any atom is 0.184 e. The second-order valence-electron chi connectivity index (χ2n) is 6.33. The third kappa shape index (κ3) is 2.65. The van der Waals surface area contributed by atoms with Crippen LogP contribution in [0, 0.1) is 11.8 Å². The average molecular weight is 366 g/mol. The van der Waals surface area contributed by atoms with Crippen LogP contribution in [0.5, 0.6) is 5.75 Å². The molecule has 118 valence electrons. The van der Waals surface area contributed by atoms with Crippen LogP contribution in [0.2, 0.25) is 0 Å². The molecular weight excluding hydrogens is 346 g/mol. The van der Waals surface area contributed by atoms with Crippen molar-refractivity contribution < 1.29 is 9.90 Å². The molecule has 1 atom stereocenters. The van der Waals surface area contributed by atoms with E-state index < -0.39 is 0 Å². The van der Waals surface area contributed by atoms with Crippen LogP contribution < -0.4 is 0 Å². The predicted molar refractivity (Wildman–Crippen MR) is 89.7 cm³/mol. The van der Waals surface area contributed by atoms with Gasteiger partial charge in [-0.1, -0.05) is 0 Å². The molecule has 4 heterocycles. The number of rotatable bonds is 3. The van der Waals surface area contributed by atoms with Crippen molar-refractivity contribution in [3.05, 3.63) is 23.9 Å². The standard InChI is InChI=1S/C16H19N3O2.BrH/c20-12-1-2-13-14(8-12)17-18-16(13)15(21)7-11-9-19-5-3-10(11)4-6-19;/h1-2,8,10-11,20H,3-7,9H2,(H,17,18);1H/t11-;/m1./s1. The van der Waals surface area contributed by atoms with Gasteiger partial charge in [0.15, 0.2) is 5.78 Å². The van der Waals surface area contributed by atoms with E-state index in [1.54, 1.807) is 18.2 Å². The lowest BCUT2D eigenvalue weighted by Gasteiger charge is -2.44. The zero-order valence-electron chi connectivity index (χ0n) is 12.3. The summed E-state index contributed by atoms with van der Waals surface area (Å²) in [6.45, 7) is 3.44. The maximum atomic E-state index is 12.6. The van der Waals surface area contributed by atoms with Crippen LogP contribution in [0.1, 0.15) is 29.8 Å². The van der Waals surface area contributed by atoms with E-state index in [4.69, 9.17) is 0 Å². The number of fused-ring (bicyclic) bond motifs is 4. The number of benzene rings is 1. The van der Waals surface area contributed by atoms with Crippen molar-refractivity contribution in [3.63, 3.8) is 0 Å². The quantitative estimate of drug-likeness (QED) is 0.820. The Balaban J connectivity index is 0.00000144. The number of phenolic OH excluding ortho intramolecular Hbond substituents is 1. The van der Waals surface area contributed by atoms with E-state index in [-0.39, 0.29) is 28.5 Å². The molecule has 3 saturated heterocycles. The van der Waals surface area contributed by atoms with Crippen LogP contribution in [0.25, 0.3) is 10.9 Å². The minimum Gasteiger partial charge on any atom is -0.508 e. The van der Waals surface area contributed by atoms with Gasteiger partial charge in [-0.15, -0.1) is 17.0 Å². The van der Waals surface area contributed by atoms with Gasteiger partial charge in [0.05, 0.1) is 5.52 Å². The van der Waals surface area contributed by atoms with Gasteiger partial charge in [0.1, 0.15) is 11.4 Å². The Labute approximate surface area is 139 Å². The first-order valence-corrected chi connectivity index (χ1v) is 7.63. The summed E-state index contributed by atoms with van der Waals surface area (Å²) in [5, 5.41) is 17.3. The predicted octanol–water partition coefficient (Wildman–Crippen LogP) is 2.76. The van der Waals surface area contributed by atoms with E-state index in [1.807, 2.05) is 0 Å². The third-order valence-electron chi connectivity index (χ3n) is 5.05. The number of nitrogens with one attached hydrogen (secondary N) is 1. The molecule has 0 spiro atoms. The molecule has 3 aliphatic rings. The third-order valence-corrected chi connectivity index (χ3v) is 5.05. The minimum absolute atomic E-state index is 0. The monoisotopic (exact) mass is 365 g/mol. The molecule has 0 amide bonds. The van der Waals surface area contributed by atoms with Crippen molar-refractivity contribution in [1.82, 2.24) is 15.1 Å². The van der Waals surface area contributed by atoms with Crippen LogP contribution in [0.3, 0.4) is 0 Å². The van der Waals surface area contributed by atoms with Gasteiger partial charge in [0, 0.05) is 24.4 Å². The van der Waals surface area contributed by atoms with Crippen molar-refractivity contribution in [2.45, 2.75) is 19.3 Å². The first kappa shape index (κ1) is 15.5. The van der Waals surface area contributed by atoms with Crippen LogP contribution in [-0.4, -0.2) is 45.6 Å². The number of halogens is 1. The molecule has 2 bridgehead atoms. The molecule has 0 radical (unpaired) electrons. The van der Waals surface area contributed by atoms with Crippen molar-refractivity contribution in [3.8, 4) is 5.75 Å². The van der Waals surface area contributed by atoms with E-state index in [9.17, 15) is 9.90 Å². The van der Waals surface area contributed by atoms with E-state index >= 15 is 0 Å². The van der Waals surface area contributed by atoms with Crippen molar-refractivity contribution in [2.24, 2.45) is 11.8 Å². The van der Waals surface area contributed by atoms with Gasteiger partial charge in [-0.25, -0.2) is 0 Å². The highest BCUT2D eigenvalue weighted by Gasteiger charge is 2.35. The van der Waals surface area contributed by atoms with Crippen LogP contribution in [0.4, 0.5) is 0 Å². The highest BCUT2D eigenvalue weighted by Crippen LogP contribution is 2.35. The first-order chi connectivity index (χ1) is 10.2. The molecule has 5 nitrogen and oxygen atoms in total. The lowest BCUT2D eigenvalue weighted by Crippen LogP contribution is -2.47. The fraction of sp³-hybridized carbons (Fsp3) is 0.500. The highest BCUT2D eigenvalue weighted by atomic mass is 79.9. The Morgan fingerprint density at radius 1 is 1.36 bits per heavy atom. The normalized spacial score (nSPS) is 26.8. The number of piperidine rings is 3. The van der Waals surface area contributed by atoms with Gasteiger partial charge >= 0.3 is 0 Å². The van der Waals surface area contributed by atoms with E-state index in [0.717, 1.165) is 11.9 Å². The molecule has 2 N–H and O–H groups in total. The van der Waals surface area contributed by atoms with Crippen molar-refractivity contribution >= 4 is 33.7 Å². The molecule has 6 heteroatoms. The zero-order valence-corrected chi connectivity index (χ0v) is 14.0. The van der Waals surface area contributed by atoms with Gasteiger partial charge in [-0.3, -0.25) is 9.89 Å². The smallest absolute Gasteiger partial charge is 0.184 e. The van der Waals surface area contributed by atoms with Gasteiger partial charge in [0.25, 0.3) is 0 Å². The Bertz CT molecular complexity index is 692. The Morgan fingerprint density at radius 3 is 2.82 bits per heavy atom. The Kier molecular flexibility index (Phi) is 4.23. The molecule has 0 aliphatic carbocycles. The fourth-order valence-corrected chi connectivity index (χ4v) is 3.87. The van der Waals surface area contributed by atoms with E-state index in [2.05, 4.69) is 15.1 Å². The molecule has 0 saturated carbocycles. The Hall–Kier alpha value is -1.40. The lowest BCUT2D eigenvalue weighted by atomic mass is 9.76. The summed E-state index contributed by atoms with van der Waals surface area (Å²) < 4.78 is 0. The number of H-pyrrole nitrogens is 1. The summed E-state index contributed by atoms with van der Waals surface area (Å²) in [7, 11) is 0. The number of hydrogen-bond acceptors (Lipinski definition) is 4. The molecule has 0 unspecified atom stereocenters. The summed E-state index contributed by atoms with van der Waals surface area (Å²) >= 11 is 0. The number of carbonyl (C=O) groups is 1. The number of phenols is 1. The van der Waals surface area contributed by atoms with Gasteiger partial charge in [0.2, 0.25) is 0 Å². The molecule has 3 fully saturated rings. The van der Waals surface area contributed by atoms with Gasteiger partial charge in [-0.05, 0) is 49.9 Å². The number of nitrogens with zero attached hydrogens (tertiary/aromatic N) is 2. The number of hydrogen-bond donors (Lipinski definition) is 2. The summed E-state index contributed by atoms with van der Waals surface area (Å²) in [6, 6.07) is 4.97. The summed E-state index contributed by atoms with van der Waals surface area (Å²) in [4.78, 5) is 15.1. The molecule has 1 aromatic heterocycles. The number of aromatic nitrogens is 2. The largest absolute Gasteiger partial charge is 0.508 e. The summed E-state index contributed by atoms with van der Waals surface area (Å²) in [5.74, 6) is 1.48. The lowest BCUT2D eigenvalue weighted by molar-refractivity contribution is 0.0440. The van der Waals surface area contributed by atoms with Gasteiger partial charge < -0.3 is 10.0 Å². The molecule has 3 aliphatic heterocycles. The second-order valence-corrected chi connectivity index (χ2v) is 6.33. The Morgan fingerprint density at radius 2 is 2.14 bits per heavy atom. The average Bonchev–Trinajstić information content (AvgIpc) is 2.91. The first-order valence-electron chi connectivity index (χ1n) is 7.63. The summed E-state index contributed by atoms with van der Waals surface area (Å²) in [5.41, 5.74) is 1.23. The molecule has 5 rings (SSSR count). The number of ketones is 1. The fourth-order valence-electron chi connectivity index (χ4n) is 3.87. The molecule has 1 aromatic carbocycles. The van der Waals surface area contributed by atoms with Crippen LogP contribution >= 0.6 is 17.0 Å². The van der Waals surface area contributed by atoms with Gasteiger partial charge in [-0.2, -0.15) is 5.10 Å². The van der Waals surface area contributed by atoms with Crippen molar-refractivity contribution in [1.29, 1.82) is 0 Å². The zero-order chi connectivity index (χ0) is 14.4. The number of carbonyl (C=O) groups excluding carboxylic acids is 1. The van der Waals surface area contributed by atoms with E-state index in [1.165, 1.54) is 25.9 Å². The number of aromatic hydroxyl groups is 1. The maximum absolute atomic E-state index is 12.6. The molecule has 22 heavy (non-hydrogen) atoms. The van der Waals surface area contributed by atoms with Crippen LogP contribution in [0.15, 0.2) is 18.2 Å². The SMILES string of the molecule is Br.O=C(C[C@@H]1CN2CCC1CC2)c1n[nH]c2cc(O)ccc12. The van der Waals surface area contributed by atoms with Crippen LogP contribution in [-0.2, 0) is 0 Å². The molecular formula is C16H20BrN3O2. The number of aromatic amines is 1. The molecule has 2 aromatic rings. The minimum atomic E-state index is 0. The second kappa shape index (κ2) is 6.01. The van der Waals surface area contributed by atoms with E-state index in [0.29, 0.717) is 29.5 Å². The number of Topliss-reactive ketones (excluding diaryl/α,β-unsaturated/α-hetero) is 1.